The van der Waals surface area contributed by atoms with Gasteiger partial charge in [0.05, 0.1) is 0 Å². The SMILES string of the molecule is CC(Oc1ccc(C2(c3ccc(O)cc3)CCCCC2)cc1)C(=O)Oc1ccc(C(C)(C)C)cc1. The van der Waals surface area contributed by atoms with Crippen LogP contribution in [0.1, 0.15) is 76.5 Å². The van der Waals surface area contributed by atoms with Gasteiger partial charge >= 0.3 is 5.97 Å². The van der Waals surface area contributed by atoms with E-state index in [4.69, 9.17) is 9.47 Å². The molecular formula is C31H36O4. The molecule has 1 N–H and O–H groups in total. The Balaban J connectivity index is 1.44. The first-order chi connectivity index (χ1) is 16.7. The standard InChI is InChI=1S/C31H36O4/c1-22(29(33)35-28-16-10-23(11-17-28)30(2,3)4)34-27-18-12-25(13-19-27)31(20-6-5-7-21-31)24-8-14-26(32)15-9-24/h8-19,22,32H,5-7,20-21H2,1-4H3. The molecule has 0 heterocycles. The molecule has 4 heteroatoms. The van der Waals surface area contributed by atoms with Crippen LogP contribution in [0.3, 0.4) is 0 Å². The van der Waals surface area contributed by atoms with Gasteiger partial charge in [-0.1, -0.05) is 76.4 Å². The number of phenols is 1. The van der Waals surface area contributed by atoms with Crippen LogP contribution in [0.2, 0.25) is 0 Å². The van der Waals surface area contributed by atoms with Crippen molar-refractivity contribution in [3.05, 3.63) is 89.5 Å². The molecule has 35 heavy (non-hydrogen) atoms. The smallest absolute Gasteiger partial charge is 0.352 e. The molecule has 1 unspecified atom stereocenters. The van der Waals surface area contributed by atoms with Crippen LogP contribution in [0, 0.1) is 0 Å². The Morgan fingerprint density at radius 1 is 0.800 bits per heavy atom. The van der Waals surface area contributed by atoms with Gasteiger partial charge in [-0.05, 0) is 78.3 Å². The lowest BCUT2D eigenvalue weighted by Crippen LogP contribution is -2.30. The summed E-state index contributed by atoms with van der Waals surface area (Å²) >= 11 is 0. The Bertz CT molecular complexity index is 1120. The molecule has 1 fully saturated rings. The van der Waals surface area contributed by atoms with Gasteiger partial charge in [0.2, 0.25) is 0 Å². The number of phenolic OH excluding ortho intramolecular Hbond substituents is 1. The molecule has 4 nitrogen and oxygen atoms in total. The van der Waals surface area contributed by atoms with E-state index in [1.54, 1.807) is 19.1 Å². The van der Waals surface area contributed by atoms with Crippen molar-refractivity contribution in [2.75, 3.05) is 0 Å². The molecule has 1 aliphatic carbocycles. The van der Waals surface area contributed by atoms with Crippen LogP contribution in [0.5, 0.6) is 17.2 Å². The average Bonchev–Trinajstić information content (AvgIpc) is 2.85. The van der Waals surface area contributed by atoms with E-state index in [1.807, 2.05) is 48.5 Å². The van der Waals surface area contributed by atoms with Gasteiger partial charge in [0.15, 0.2) is 6.10 Å². The molecule has 0 aliphatic heterocycles. The van der Waals surface area contributed by atoms with Gasteiger partial charge in [0.1, 0.15) is 17.2 Å². The molecule has 1 aliphatic rings. The third-order valence-corrected chi connectivity index (χ3v) is 7.12. The van der Waals surface area contributed by atoms with Gasteiger partial charge in [-0.25, -0.2) is 4.79 Å². The van der Waals surface area contributed by atoms with Gasteiger partial charge in [-0.15, -0.1) is 0 Å². The van der Waals surface area contributed by atoms with E-state index >= 15 is 0 Å². The van der Waals surface area contributed by atoms with Gasteiger partial charge in [-0.3, -0.25) is 0 Å². The van der Waals surface area contributed by atoms with E-state index in [9.17, 15) is 9.90 Å². The molecule has 3 aromatic carbocycles. The normalized spacial score (nSPS) is 16.3. The van der Waals surface area contributed by atoms with Crippen molar-refractivity contribution in [2.45, 2.75) is 76.7 Å². The minimum atomic E-state index is -0.733. The number of benzene rings is 3. The maximum absolute atomic E-state index is 12.6. The second-order valence-electron chi connectivity index (χ2n) is 10.7. The fraction of sp³-hybridized carbons (Fsp3) is 0.387. The molecule has 184 valence electrons. The lowest BCUT2D eigenvalue weighted by molar-refractivity contribution is -0.141. The summed E-state index contributed by atoms with van der Waals surface area (Å²) in [6.45, 7) is 8.15. The fourth-order valence-electron chi connectivity index (χ4n) is 5.01. The molecule has 3 aromatic rings. The highest BCUT2D eigenvalue weighted by Gasteiger charge is 2.35. The van der Waals surface area contributed by atoms with Crippen LogP contribution in [-0.4, -0.2) is 17.2 Å². The summed E-state index contributed by atoms with van der Waals surface area (Å²) in [5.74, 6) is 1.01. The van der Waals surface area contributed by atoms with Crippen molar-refractivity contribution in [2.24, 2.45) is 0 Å². The van der Waals surface area contributed by atoms with Crippen molar-refractivity contribution in [1.29, 1.82) is 0 Å². The first-order valence-electron chi connectivity index (χ1n) is 12.6. The minimum Gasteiger partial charge on any atom is -0.508 e. The highest BCUT2D eigenvalue weighted by atomic mass is 16.6. The number of carbonyl (C=O) groups is 1. The van der Waals surface area contributed by atoms with Gasteiger partial charge in [0, 0.05) is 5.41 Å². The zero-order chi connectivity index (χ0) is 25.1. The lowest BCUT2D eigenvalue weighted by Gasteiger charge is -2.38. The predicted octanol–water partition coefficient (Wildman–Crippen LogP) is 7.31. The van der Waals surface area contributed by atoms with Crippen molar-refractivity contribution in [3.8, 4) is 17.2 Å². The van der Waals surface area contributed by atoms with E-state index in [1.165, 1.54) is 36.0 Å². The topological polar surface area (TPSA) is 55.8 Å². The Labute approximate surface area is 208 Å². The van der Waals surface area contributed by atoms with Crippen LogP contribution < -0.4 is 9.47 Å². The quantitative estimate of drug-likeness (QED) is 0.302. The van der Waals surface area contributed by atoms with Crippen LogP contribution in [-0.2, 0) is 15.6 Å². The molecular weight excluding hydrogens is 436 g/mol. The van der Waals surface area contributed by atoms with Crippen LogP contribution in [0.25, 0.3) is 0 Å². The van der Waals surface area contributed by atoms with Gasteiger partial charge in [-0.2, -0.15) is 0 Å². The zero-order valence-corrected chi connectivity index (χ0v) is 21.2. The van der Waals surface area contributed by atoms with Crippen molar-refractivity contribution in [1.82, 2.24) is 0 Å². The van der Waals surface area contributed by atoms with Gasteiger partial charge < -0.3 is 14.6 Å². The zero-order valence-electron chi connectivity index (χ0n) is 21.2. The van der Waals surface area contributed by atoms with E-state index in [0.29, 0.717) is 11.5 Å². The maximum atomic E-state index is 12.6. The van der Waals surface area contributed by atoms with E-state index in [2.05, 4.69) is 32.9 Å². The summed E-state index contributed by atoms with van der Waals surface area (Å²) in [4.78, 5) is 12.6. The molecule has 0 saturated heterocycles. The number of hydrogen-bond donors (Lipinski definition) is 1. The monoisotopic (exact) mass is 472 g/mol. The first-order valence-corrected chi connectivity index (χ1v) is 12.6. The third kappa shape index (κ3) is 5.70. The average molecular weight is 473 g/mol. The number of ether oxygens (including phenoxy) is 2. The predicted molar refractivity (Wildman–Crippen MR) is 139 cm³/mol. The number of aromatic hydroxyl groups is 1. The maximum Gasteiger partial charge on any atom is 0.352 e. The van der Waals surface area contributed by atoms with E-state index in [0.717, 1.165) is 12.8 Å². The summed E-state index contributed by atoms with van der Waals surface area (Å²) < 4.78 is 11.4. The molecule has 0 radical (unpaired) electrons. The molecule has 1 atom stereocenters. The number of rotatable bonds is 6. The molecule has 4 rings (SSSR count). The number of hydrogen-bond acceptors (Lipinski definition) is 4. The minimum absolute atomic E-state index is 0.0452. The Morgan fingerprint density at radius 2 is 1.31 bits per heavy atom. The molecule has 0 bridgehead atoms. The molecule has 1 saturated carbocycles. The van der Waals surface area contributed by atoms with Crippen molar-refractivity contribution in [3.63, 3.8) is 0 Å². The molecule has 0 aromatic heterocycles. The third-order valence-electron chi connectivity index (χ3n) is 7.12. The first kappa shape index (κ1) is 24.8. The summed E-state index contributed by atoms with van der Waals surface area (Å²) in [5, 5.41) is 9.76. The Kier molecular flexibility index (Phi) is 7.20. The second-order valence-corrected chi connectivity index (χ2v) is 10.7. The van der Waals surface area contributed by atoms with Crippen molar-refractivity contribution < 1.29 is 19.4 Å². The fourth-order valence-corrected chi connectivity index (χ4v) is 5.01. The summed E-state index contributed by atoms with van der Waals surface area (Å²) in [5.41, 5.74) is 3.64. The summed E-state index contributed by atoms with van der Waals surface area (Å²) in [6, 6.07) is 23.3. The van der Waals surface area contributed by atoms with Gasteiger partial charge in [0.25, 0.3) is 0 Å². The highest BCUT2D eigenvalue weighted by molar-refractivity contribution is 5.77. The summed E-state index contributed by atoms with van der Waals surface area (Å²) in [7, 11) is 0. The van der Waals surface area contributed by atoms with Crippen LogP contribution >= 0.6 is 0 Å². The van der Waals surface area contributed by atoms with Crippen LogP contribution in [0.4, 0.5) is 0 Å². The number of esters is 1. The lowest BCUT2D eigenvalue weighted by atomic mass is 9.65. The molecule has 0 spiro atoms. The van der Waals surface area contributed by atoms with E-state index < -0.39 is 12.1 Å². The number of carbonyl (C=O) groups excluding carboxylic acids is 1. The van der Waals surface area contributed by atoms with Crippen molar-refractivity contribution >= 4 is 5.97 Å². The Morgan fingerprint density at radius 3 is 1.86 bits per heavy atom. The van der Waals surface area contributed by atoms with Crippen LogP contribution in [0.15, 0.2) is 72.8 Å². The van der Waals surface area contributed by atoms with E-state index in [-0.39, 0.29) is 16.6 Å². The largest absolute Gasteiger partial charge is 0.508 e. The summed E-state index contributed by atoms with van der Waals surface area (Å²) in [6.07, 6.45) is 5.03. The Hall–Kier alpha value is -3.27. The highest BCUT2D eigenvalue weighted by Crippen LogP contribution is 2.45. The molecule has 0 amide bonds. The second kappa shape index (κ2) is 10.2.